The number of methoxy groups -OCH3 is 1. The van der Waals surface area contributed by atoms with E-state index in [4.69, 9.17) is 4.74 Å². The lowest BCUT2D eigenvalue weighted by Crippen LogP contribution is -2.20. The normalized spacial score (nSPS) is 10.9. The van der Waals surface area contributed by atoms with E-state index in [1.165, 1.54) is 0 Å². The summed E-state index contributed by atoms with van der Waals surface area (Å²) in [4.78, 5) is 2.22. The number of hydrogen-bond donors (Lipinski definition) is 1. The zero-order valence-corrected chi connectivity index (χ0v) is 10.3. The van der Waals surface area contributed by atoms with E-state index in [1.807, 2.05) is 7.05 Å². The Hall–Kier alpha value is -0.720. The minimum atomic E-state index is 0.808. The molecule has 1 heterocycles. The topological polar surface area (TPSA) is 50.3 Å². The monoisotopic (exact) mass is 230 g/mol. The van der Waals surface area contributed by atoms with E-state index in [0.29, 0.717) is 0 Å². The van der Waals surface area contributed by atoms with Gasteiger partial charge in [-0.25, -0.2) is 0 Å². The number of nitrogens with zero attached hydrogens (tertiary/aromatic N) is 3. The molecule has 0 bridgehead atoms. The molecule has 0 aliphatic carbocycles. The van der Waals surface area contributed by atoms with Gasteiger partial charge in [0.25, 0.3) is 0 Å². The molecule has 1 aromatic heterocycles. The fraction of sp³-hybridized carbons (Fsp3) is 0.778. The van der Waals surface area contributed by atoms with Crippen LogP contribution in [-0.4, -0.2) is 49.5 Å². The molecular formula is C9H18N4OS. The third-order valence-corrected chi connectivity index (χ3v) is 2.90. The Bertz CT molecular complexity index is 279. The molecule has 6 heteroatoms. The average Bonchev–Trinajstić information content (AvgIpc) is 2.66. The Kier molecular flexibility index (Phi) is 5.52. The Labute approximate surface area is 94.5 Å². The summed E-state index contributed by atoms with van der Waals surface area (Å²) in [5.41, 5.74) is 0. The van der Waals surface area contributed by atoms with Crippen molar-refractivity contribution in [1.29, 1.82) is 0 Å². The van der Waals surface area contributed by atoms with Crippen LogP contribution in [0.15, 0.2) is 0 Å². The number of hydrogen-bond acceptors (Lipinski definition) is 6. The number of ether oxygens (including phenoxy) is 1. The van der Waals surface area contributed by atoms with Gasteiger partial charge in [-0.15, -0.1) is 10.2 Å². The van der Waals surface area contributed by atoms with E-state index in [2.05, 4.69) is 27.5 Å². The highest BCUT2D eigenvalue weighted by molar-refractivity contribution is 7.15. The van der Waals surface area contributed by atoms with Crippen LogP contribution >= 0.6 is 11.3 Å². The summed E-state index contributed by atoms with van der Waals surface area (Å²) in [6.45, 7) is 2.67. The fourth-order valence-corrected chi connectivity index (χ4v) is 1.98. The lowest BCUT2D eigenvalue weighted by Gasteiger charge is -2.13. The summed E-state index contributed by atoms with van der Waals surface area (Å²) in [5, 5.41) is 13.0. The Morgan fingerprint density at radius 3 is 2.87 bits per heavy atom. The van der Waals surface area contributed by atoms with Crippen molar-refractivity contribution < 1.29 is 4.74 Å². The van der Waals surface area contributed by atoms with Gasteiger partial charge in [0, 0.05) is 27.3 Å². The molecule has 0 fully saturated rings. The van der Waals surface area contributed by atoms with Crippen molar-refractivity contribution in [2.24, 2.45) is 0 Å². The van der Waals surface area contributed by atoms with E-state index in [1.54, 1.807) is 18.4 Å². The van der Waals surface area contributed by atoms with Gasteiger partial charge in [0.15, 0.2) is 0 Å². The van der Waals surface area contributed by atoms with Gasteiger partial charge < -0.3 is 10.1 Å². The molecule has 0 atom stereocenters. The fourth-order valence-electron chi connectivity index (χ4n) is 1.21. The van der Waals surface area contributed by atoms with Crippen molar-refractivity contribution in [3.8, 4) is 0 Å². The first-order valence-electron chi connectivity index (χ1n) is 4.94. The molecule has 5 nitrogen and oxygen atoms in total. The van der Waals surface area contributed by atoms with Gasteiger partial charge in [-0.05, 0) is 13.5 Å². The van der Waals surface area contributed by atoms with Gasteiger partial charge >= 0.3 is 0 Å². The molecule has 0 unspecified atom stereocenters. The summed E-state index contributed by atoms with van der Waals surface area (Å²) >= 11 is 1.59. The van der Waals surface area contributed by atoms with Gasteiger partial charge in [0.1, 0.15) is 5.01 Å². The second-order valence-corrected chi connectivity index (χ2v) is 4.40. The highest BCUT2D eigenvalue weighted by Gasteiger charge is 2.05. The third kappa shape index (κ3) is 4.55. The molecule has 0 spiro atoms. The lowest BCUT2D eigenvalue weighted by molar-refractivity contribution is 0.178. The van der Waals surface area contributed by atoms with Gasteiger partial charge in [0.2, 0.25) is 5.13 Å². The summed E-state index contributed by atoms with van der Waals surface area (Å²) in [6, 6.07) is 0. The summed E-state index contributed by atoms with van der Waals surface area (Å²) in [7, 11) is 5.66. The second kappa shape index (κ2) is 6.71. The standard InChI is InChI=1S/C9H18N4OS/c1-10-9-12-11-8(15-9)7-13(2)5-4-6-14-3/h4-7H2,1-3H3,(H,10,12). The van der Waals surface area contributed by atoms with Crippen LogP contribution in [0.3, 0.4) is 0 Å². The maximum Gasteiger partial charge on any atom is 0.205 e. The molecule has 86 valence electrons. The largest absolute Gasteiger partial charge is 0.385 e. The zero-order chi connectivity index (χ0) is 11.1. The van der Waals surface area contributed by atoms with Crippen LogP contribution < -0.4 is 5.32 Å². The number of rotatable bonds is 7. The quantitative estimate of drug-likeness (QED) is 0.710. The summed E-state index contributed by atoms with van der Waals surface area (Å²) < 4.78 is 5.00. The van der Waals surface area contributed by atoms with Crippen LogP contribution in [0.25, 0.3) is 0 Å². The minimum absolute atomic E-state index is 0.808. The van der Waals surface area contributed by atoms with Crippen LogP contribution in [0.2, 0.25) is 0 Å². The highest BCUT2D eigenvalue weighted by Crippen LogP contribution is 2.15. The van der Waals surface area contributed by atoms with E-state index in [0.717, 1.165) is 36.3 Å². The molecular weight excluding hydrogens is 212 g/mol. The maximum atomic E-state index is 5.00. The van der Waals surface area contributed by atoms with E-state index < -0.39 is 0 Å². The number of anilines is 1. The molecule has 0 aliphatic rings. The molecule has 1 N–H and O–H groups in total. The van der Waals surface area contributed by atoms with Crippen molar-refractivity contribution in [2.45, 2.75) is 13.0 Å². The van der Waals surface area contributed by atoms with Crippen LogP contribution in [-0.2, 0) is 11.3 Å². The highest BCUT2D eigenvalue weighted by atomic mass is 32.1. The van der Waals surface area contributed by atoms with Crippen LogP contribution in [0.1, 0.15) is 11.4 Å². The first-order valence-corrected chi connectivity index (χ1v) is 5.75. The SMILES string of the molecule is CNc1nnc(CN(C)CCCOC)s1. The molecule has 0 aromatic carbocycles. The molecule has 0 amide bonds. The van der Waals surface area contributed by atoms with Crippen molar-refractivity contribution in [1.82, 2.24) is 15.1 Å². The van der Waals surface area contributed by atoms with E-state index in [9.17, 15) is 0 Å². The summed E-state index contributed by atoms with van der Waals surface area (Å²) in [5.74, 6) is 0. The molecule has 0 radical (unpaired) electrons. The first-order chi connectivity index (χ1) is 7.26. The molecule has 0 saturated heterocycles. The average molecular weight is 230 g/mol. The number of aromatic nitrogens is 2. The van der Waals surface area contributed by atoms with Gasteiger partial charge in [0.05, 0.1) is 6.54 Å². The molecule has 1 rings (SSSR count). The van der Waals surface area contributed by atoms with Crippen LogP contribution in [0, 0.1) is 0 Å². The van der Waals surface area contributed by atoms with Crippen molar-refractivity contribution >= 4 is 16.5 Å². The van der Waals surface area contributed by atoms with E-state index in [-0.39, 0.29) is 0 Å². The predicted molar refractivity (Wildman–Crippen MR) is 62.3 cm³/mol. The zero-order valence-electron chi connectivity index (χ0n) is 9.49. The Morgan fingerprint density at radius 2 is 2.27 bits per heavy atom. The molecule has 0 aliphatic heterocycles. The van der Waals surface area contributed by atoms with Crippen LogP contribution in [0.5, 0.6) is 0 Å². The van der Waals surface area contributed by atoms with Gasteiger partial charge in [-0.1, -0.05) is 11.3 Å². The predicted octanol–water partition coefficient (Wildman–Crippen LogP) is 1.05. The Morgan fingerprint density at radius 1 is 1.47 bits per heavy atom. The van der Waals surface area contributed by atoms with Gasteiger partial charge in [-0.2, -0.15) is 0 Å². The van der Waals surface area contributed by atoms with E-state index >= 15 is 0 Å². The van der Waals surface area contributed by atoms with Crippen molar-refractivity contribution in [2.75, 3.05) is 39.7 Å². The number of nitrogens with one attached hydrogen (secondary N) is 1. The smallest absolute Gasteiger partial charge is 0.205 e. The lowest BCUT2D eigenvalue weighted by atomic mass is 10.4. The summed E-state index contributed by atoms with van der Waals surface area (Å²) in [6.07, 6.45) is 1.05. The Balaban J connectivity index is 2.27. The van der Waals surface area contributed by atoms with Crippen molar-refractivity contribution in [3.63, 3.8) is 0 Å². The molecule has 15 heavy (non-hydrogen) atoms. The van der Waals surface area contributed by atoms with Crippen LogP contribution in [0.4, 0.5) is 5.13 Å². The van der Waals surface area contributed by atoms with Gasteiger partial charge in [-0.3, -0.25) is 4.90 Å². The second-order valence-electron chi connectivity index (χ2n) is 3.34. The molecule has 0 saturated carbocycles. The van der Waals surface area contributed by atoms with Crippen molar-refractivity contribution in [3.05, 3.63) is 5.01 Å². The first kappa shape index (κ1) is 12.4. The third-order valence-electron chi connectivity index (χ3n) is 1.97. The molecule has 1 aromatic rings. The maximum absolute atomic E-state index is 5.00. The minimum Gasteiger partial charge on any atom is -0.385 e.